The third-order valence-electron chi connectivity index (χ3n) is 28.3. The molecule has 14 unspecified atom stereocenters. The molecule has 0 amide bonds. The minimum Gasteiger partial charge on any atom is -0.507 e. The number of aliphatic hydroxyl groups is 12. The number of phenolic OH excluding ortho intramolecular Hbond substituents is 4. The summed E-state index contributed by atoms with van der Waals surface area (Å²) in [6.45, 7) is 14.7. The number of rotatable bonds is 22. The Morgan fingerprint density at radius 3 is 1.54 bits per heavy atom. The summed E-state index contributed by atoms with van der Waals surface area (Å²) < 4.78 is 100. The zero-order valence-electron chi connectivity index (χ0n) is 70.3. The summed E-state index contributed by atoms with van der Waals surface area (Å²) in [4.78, 5) is 89.6. The molecule has 0 spiro atoms. The van der Waals surface area contributed by atoms with Crippen LogP contribution in [-0.2, 0) is 82.3 Å². The standard InChI is InChI=1S/C85H112O38/c1-14-21-81(104)78(121-45-18-16-42(29(3)111-45)117-47-20-23-80(103,33(7)86)35(9)115-47)68(99)71(119-48-26-40(88)60(91)31(5)113-48)39-25-37-24-38-52(62(93)51(37)76(101)84(39,81)106)63(94)56(74(110-13)70(38)108-11)55-64(95)53-54(67(98)73(55)109-12)65(96)57-58(66(53)97)77(102)85(107)59-72(57)123-82(85,22-15-2)79(69(100)75(59)120-49-27-41(89)61(92)32(6)114-49)122-46-19-17-43(30(4)112-46)118-50-28-44(90)83(105,34(8)87)36(10)116-50/h24,29-32,35-36,39-50,59-61,68-69,71-72,75,78-79,88-94,96-97,99-100,103-107H,14-23,25-28H2,1-13H3/t29-,30-,31+,32+,35-,36-,39?,40-,41-,42+,43+,44+,45+,46+,47-,48+,49?,50-,59?,60+,61+,68?,69?,71?,72?,75?,78?,79?,80+,81?,82?,83+,84?,85?/m1/s1. The summed E-state index contributed by atoms with van der Waals surface area (Å²) in [5, 5.41) is 196. The molecule has 9 fully saturated rings. The molecule has 12 aliphatic rings. The molecule has 2 saturated carbocycles. The molecule has 7 saturated heterocycles. The number of ketones is 6. The lowest BCUT2D eigenvalue weighted by atomic mass is 9.53. The third-order valence-corrected chi connectivity index (χ3v) is 28.3. The Morgan fingerprint density at radius 1 is 0.496 bits per heavy atom. The van der Waals surface area contributed by atoms with E-state index in [4.69, 9.17) is 75.8 Å². The molecule has 16 N–H and O–H groups in total. The summed E-state index contributed by atoms with van der Waals surface area (Å²) in [6, 6.07) is 1.24. The van der Waals surface area contributed by atoms with Gasteiger partial charge in [0.2, 0.25) is 23.1 Å². The molecule has 7 aliphatic heterocycles. The fourth-order valence-electron chi connectivity index (χ4n) is 21.8. The second-order valence-electron chi connectivity index (χ2n) is 35.2. The Bertz CT molecular complexity index is 4670. The van der Waals surface area contributed by atoms with E-state index in [9.17, 15) is 91.3 Å². The first-order chi connectivity index (χ1) is 57.9. The smallest absolute Gasteiger partial charge is 0.232 e. The number of hydrogen-bond acceptors (Lipinski definition) is 38. The van der Waals surface area contributed by atoms with Crippen molar-refractivity contribution < 1.29 is 186 Å². The molecule has 3 aromatic carbocycles. The number of methoxy groups -OCH3 is 3. The van der Waals surface area contributed by atoms with Crippen molar-refractivity contribution in [3.8, 4) is 34.5 Å². The highest BCUT2D eigenvalue weighted by Gasteiger charge is 2.82. The summed E-state index contributed by atoms with van der Waals surface area (Å²) in [5.41, 5.74) is -22.3. The zero-order chi connectivity index (χ0) is 89.4. The van der Waals surface area contributed by atoms with Gasteiger partial charge in [0.25, 0.3) is 0 Å². The minimum absolute atomic E-state index is 0.0147. The molecular formula is C85H112O38. The molecule has 15 rings (SSSR count). The van der Waals surface area contributed by atoms with E-state index in [-0.39, 0.29) is 75.2 Å². The molecule has 7 heterocycles. The number of phenols is 4. The number of benzene rings is 3. The SMILES string of the molecule is CCCC1(O)C(O[C@H]2CC[C@H](O[C@@H]3CC[C@](O)(C(C)=O)[C@@H](C)O3)[C@@H](C)O2)C(O)C(O[C@H]2C[C@@H](O)[C@@H](O)[C@H](C)O2)C2Cc3cc4c(OC)c(OC)c(C5=C(OC)C(=O)c6c(O)c7c(c(O)c6C5=O)C(=O)C5(O)C6C7OC5(CCC)C(O[C@H]5CC[C@H](O[C@@H]7C[C@H](O)[C@](O)(C(C)=O)[C@@H](C)O7)[C@@H](C)O5)C(O)C6OC5C[C@@H](O)[C@@H](O)[C@H](C)O5)c(O)c4c(O)c3C(=O)C21O. The summed E-state index contributed by atoms with van der Waals surface area (Å²) in [6.07, 6.45) is -38.5. The van der Waals surface area contributed by atoms with E-state index < -0.39 is 350 Å². The molecule has 5 aliphatic carbocycles. The first-order valence-electron chi connectivity index (χ1n) is 42.1. The average molecular weight is 1740 g/mol. The van der Waals surface area contributed by atoms with Crippen molar-refractivity contribution in [3.63, 3.8) is 0 Å². The quantitative estimate of drug-likeness (QED) is 0.0632. The van der Waals surface area contributed by atoms with Crippen LogP contribution in [-0.4, -0.2) is 325 Å². The predicted molar refractivity (Wildman–Crippen MR) is 413 cm³/mol. The van der Waals surface area contributed by atoms with Crippen LogP contribution in [0.15, 0.2) is 11.8 Å². The van der Waals surface area contributed by atoms with E-state index >= 15 is 19.2 Å². The van der Waals surface area contributed by atoms with Crippen LogP contribution < -0.4 is 9.47 Å². The third kappa shape index (κ3) is 13.7. The maximum Gasteiger partial charge on any atom is 0.232 e. The number of carbonyl (C=O) groups excluding carboxylic acids is 6. The first kappa shape index (κ1) is 91.0. The van der Waals surface area contributed by atoms with Crippen LogP contribution in [0.1, 0.15) is 217 Å². The van der Waals surface area contributed by atoms with Crippen molar-refractivity contribution in [2.45, 2.75) is 353 Å². The first-order valence-corrected chi connectivity index (χ1v) is 42.1. The second kappa shape index (κ2) is 33.1. The van der Waals surface area contributed by atoms with Gasteiger partial charge in [-0.25, -0.2) is 0 Å². The number of aromatic hydroxyl groups is 4. The lowest BCUT2D eigenvalue weighted by molar-refractivity contribution is -0.358. The normalized spacial score (nSPS) is 43.5. The van der Waals surface area contributed by atoms with Crippen molar-refractivity contribution in [3.05, 3.63) is 50.8 Å². The lowest BCUT2D eigenvalue weighted by Gasteiger charge is -2.60. The summed E-state index contributed by atoms with van der Waals surface area (Å²) in [5.74, 6) is -17.7. The average Bonchev–Trinajstić information content (AvgIpc) is 1.52. The van der Waals surface area contributed by atoms with E-state index in [0.29, 0.717) is 0 Å². The molecule has 3 aromatic rings. The van der Waals surface area contributed by atoms with Gasteiger partial charge in [0.05, 0.1) is 151 Å². The Balaban J connectivity index is 0.797. The number of Topliss-reactive ketones (excluding diaryl/α,β-unsaturated/α-hetero) is 6. The van der Waals surface area contributed by atoms with E-state index in [2.05, 4.69) is 0 Å². The van der Waals surface area contributed by atoms with E-state index in [1.807, 2.05) is 0 Å². The van der Waals surface area contributed by atoms with Gasteiger partial charge in [0.1, 0.15) is 76.4 Å². The second-order valence-corrected chi connectivity index (χ2v) is 35.2. The largest absolute Gasteiger partial charge is 0.507 e. The number of allylic oxidation sites excluding steroid dienone is 2. The van der Waals surface area contributed by atoms with E-state index in [0.717, 1.165) is 28.3 Å². The fraction of sp³-hybridized carbons (Fsp3) is 0.718. The highest BCUT2D eigenvalue weighted by atomic mass is 16.8. The van der Waals surface area contributed by atoms with Crippen LogP contribution in [0.25, 0.3) is 16.3 Å². The van der Waals surface area contributed by atoms with Crippen LogP contribution in [0.5, 0.6) is 34.5 Å². The summed E-state index contributed by atoms with van der Waals surface area (Å²) >= 11 is 0. The molecule has 4 bridgehead atoms. The van der Waals surface area contributed by atoms with Gasteiger partial charge < -0.3 is 157 Å². The van der Waals surface area contributed by atoms with Gasteiger partial charge >= 0.3 is 0 Å². The molecule has 680 valence electrons. The zero-order valence-corrected chi connectivity index (χ0v) is 70.3. The highest BCUT2D eigenvalue weighted by Crippen LogP contribution is 2.69. The Labute approximate surface area is 705 Å². The number of carbonyl (C=O) groups is 6. The van der Waals surface area contributed by atoms with Gasteiger partial charge in [-0.05, 0) is 106 Å². The fourth-order valence-corrected chi connectivity index (χ4v) is 21.8. The van der Waals surface area contributed by atoms with Crippen molar-refractivity contribution in [2.24, 2.45) is 11.8 Å². The summed E-state index contributed by atoms with van der Waals surface area (Å²) in [7, 11) is 3.06. The van der Waals surface area contributed by atoms with Gasteiger partial charge in [-0.2, -0.15) is 0 Å². The van der Waals surface area contributed by atoms with Crippen LogP contribution in [0.2, 0.25) is 0 Å². The highest BCUT2D eigenvalue weighted by molar-refractivity contribution is 6.43. The number of fused-ring (bicyclic) bond motifs is 6. The van der Waals surface area contributed by atoms with Gasteiger partial charge in [-0.1, -0.05) is 26.7 Å². The van der Waals surface area contributed by atoms with Crippen LogP contribution >= 0.6 is 0 Å². The molecule has 0 radical (unpaired) electrons. The van der Waals surface area contributed by atoms with Crippen LogP contribution in [0.4, 0.5) is 0 Å². The molecule has 123 heavy (non-hydrogen) atoms. The van der Waals surface area contributed by atoms with E-state index in [1.165, 1.54) is 33.8 Å². The van der Waals surface area contributed by atoms with Crippen molar-refractivity contribution in [1.29, 1.82) is 0 Å². The van der Waals surface area contributed by atoms with E-state index in [1.54, 1.807) is 34.6 Å². The Hall–Kier alpha value is -6.72. The molecule has 38 heteroatoms. The minimum atomic E-state index is -3.22. The topological polar surface area (TPSA) is 574 Å². The number of ether oxygens (including phenoxy) is 16. The number of aliphatic hydroxyl groups excluding tert-OH is 7. The van der Waals surface area contributed by atoms with Crippen molar-refractivity contribution in [1.82, 2.24) is 0 Å². The molecule has 0 aromatic heterocycles. The maximum absolute atomic E-state index is 16.4. The molecule has 38 nitrogen and oxygen atoms in total. The van der Waals surface area contributed by atoms with Crippen molar-refractivity contribution >= 4 is 51.0 Å². The predicted octanol–water partition coefficient (Wildman–Crippen LogP) is 1.37. The number of hydrogen-bond donors (Lipinski definition) is 16. The van der Waals surface area contributed by atoms with Gasteiger partial charge in [-0.3, -0.25) is 28.8 Å². The lowest BCUT2D eigenvalue weighted by Crippen LogP contribution is -2.80. The maximum atomic E-state index is 16.4. The Morgan fingerprint density at radius 2 is 1.01 bits per heavy atom. The molecule has 34 atom stereocenters. The van der Waals surface area contributed by atoms with Crippen LogP contribution in [0, 0.1) is 11.8 Å². The van der Waals surface area contributed by atoms with Gasteiger partial charge in [0.15, 0.2) is 83.4 Å². The van der Waals surface area contributed by atoms with Crippen LogP contribution in [0.3, 0.4) is 0 Å². The molecular weight excluding hydrogens is 1630 g/mol. The monoisotopic (exact) mass is 1740 g/mol. The van der Waals surface area contributed by atoms with Gasteiger partial charge in [-0.15, -0.1) is 0 Å². The van der Waals surface area contributed by atoms with Crippen molar-refractivity contribution in [2.75, 3.05) is 21.3 Å². The van der Waals surface area contributed by atoms with Gasteiger partial charge in [0, 0.05) is 55.4 Å². The Kier molecular flexibility index (Phi) is 24.5.